The van der Waals surface area contributed by atoms with Crippen LogP contribution in [0.3, 0.4) is 0 Å². The fourth-order valence-electron chi connectivity index (χ4n) is 2.21. The second kappa shape index (κ2) is 8.59. The highest BCUT2D eigenvalue weighted by Gasteiger charge is 2.06. The van der Waals surface area contributed by atoms with Gasteiger partial charge in [-0.2, -0.15) is 5.26 Å². The Labute approximate surface area is 142 Å². The lowest BCUT2D eigenvalue weighted by Gasteiger charge is -2.16. The number of hydrogen-bond donors (Lipinski definition) is 2. The Kier molecular flexibility index (Phi) is 6.21. The zero-order valence-electron chi connectivity index (χ0n) is 13.9. The summed E-state index contributed by atoms with van der Waals surface area (Å²) in [6.45, 7) is 2.42. The lowest BCUT2D eigenvalue weighted by molar-refractivity contribution is -0.121. The second-order valence-electron chi connectivity index (χ2n) is 5.40. The maximum absolute atomic E-state index is 11.1. The predicted molar refractivity (Wildman–Crippen MR) is 93.8 cm³/mol. The van der Waals surface area contributed by atoms with Crippen molar-refractivity contribution in [1.82, 2.24) is 5.32 Å². The normalized spacial score (nSPS) is 11.2. The van der Waals surface area contributed by atoms with Gasteiger partial charge in [-0.15, -0.1) is 0 Å². The largest absolute Gasteiger partial charge is 0.493 e. The molecule has 0 heterocycles. The predicted octanol–water partition coefficient (Wildman–Crippen LogP) is 3.25. The zero-order valence-corrected chi connectivity index (χ0v) is 13.9. The fraction of sp³-hybridized carbons (Fsp3) is 0.263. The van der Waals surface area contributed by atoms with Crippen molar-refractivity contribution in [3.8, 4) is 11.8 Å². The van der Waals surface area contributed by atoms with Crippen molar-refractivity contribution in [2.24, 2.45) is 0 Å². The molecule has 0 saturated heterocycles. The van der Waals surface area contributed by atoms with Crippen LogP contribution in [0.5, 0.6) is 5.75 Å². The fourth-order valence-corrected chi connectivity index (χ4v) is 2.21. The molecule has 0 bridgehead atoms. The standard InChI is InChI=1S/C19H21N3O2/c1-14(16-5-3-15(13-20)4-6-16)22-17-7-9-18(10-8-17)24-12-11-19(23)21-2/h3-10,14,22H,11-12H2,1-2H3,(H,21,23)/t14-/m0/s1. The van der Waals surface area contributed by atoms with Crippen LogP contribution in [0.4, 0.5) is 5.69 Å². The van der Waals surface area contributed by atoms with Gasteiger partial charge in [-0.3, -0.25) is 4.79 Å². The van der Waals surface area contributed by atoms with Gasteiger partial charge in [-0.05, 0) is 48.9 Å². The smallest absolute Gasteiger partial charge is 0.223 e. The zero-order chi connectivity index (χ0) is 17.4. The molecule has 0 saturated carbocycles. The third-order valence-electron chi connectivity index (χ3n) is 3.65. The van der Waals surface area contributed by atoms with Crippen LogP contribution in [0.25, 0.3) is 0 Å². The molecule has 2 N–H and O–H groups in total. The molecular weight excluding hydrogens is 302 g/mol. The number of carbonyl (C=O) groups excluding carboxylic acids is 1. The van der Waals surface area contributed by atoms with E-state index in [1.165, 1.54) is 0 Å². The molecule has 0 aliphatic rings. The molecule has 0 fully saturated rings. The highest BCUT2D eigenvalue weighted by atomic mass is 16.5. The molecule has 5 heteroatoms. The molecule has 0 aliphatic heterocycles. The molecule has 1 atom stereocenters. The molecule has 2 aromatic carbocycles. The van der Waals surface area contributed by atoms with E-state index in [2.05, 4.69) is 23.6 Å². The third-order valence-corrected chi connectivity index (χ3v) is 3.65. The van der Waals surface area contributed by atoms with E-state index in [4.69, 9.17) is 10.00 Å². The van der Waals surface area contributed by atoms with Crippen LogP contribution in [-0.4, -0.2) is 19.6 Å². The van der Waals surface area contributed by atoms with Crippen molar-refractivity contribution in [3.63, 3.8) is 0 Å². The quantitative estimate of drug-likeness (QED) is 0.820. The monoisotopic (exact) mass is 323 g/mol. The summed E-state index contributed by atoms with van der Waals surface area (Å²) in [5, 5.41) is 14.8. The minimum atomic E-state index is -0.0375. The van der Waals surface area contributed by atoms with Crippen LogP contribution in [0.2, 0.25) is 0 Å². The first-order chi connectivity index (χ1) is 11.6. The SMILES string of the molecule is CNC(=O)CCOc1ccc(N[C@@H](C)c2ccc(C#N)cc2)cc1. The Bertz CT molecular complexity index is 703. The minimum absolute atomic E-state index is 0.0375. The number of benzene rings is 2. The molecule has 0 spiro atoms. The molecular formula is C19H21N3O2. The summed E-state index contributed by atoms with van der Waals surface area (Å²) < 4.78 is 5.53. The van der Waals surface area contributed by atoms with Gasteiger partial charge in [0.25, 0.3) is 0 Å². The van der Waals surface area contributed by atoms with Crippen molar-refractivity contribution in [2.75, 3.05) is 19.0 Å². The van der Waals surface area contributed by atoms with Crippen molar-refractivity contribution in [2.45, 2.75) is 19.4 Å². The van der Waals surface area contributed by atoms with E-state index in [1.54, 1.807) is 7.05 Å². The topological polar surface area (TPSA) is 74.2 Å². The Morgan fingerprint density at radius 2 is 1.83 bits per heavy atom. The van der Waals surface area contributed by atoms with Crippen molar-refractivity contribution >= 4 is 11.6 Å². The van der Waals surface area contributed by atoms with Crippen molar-refractivity contribution in [3.05, 3.63) is 59.7 Å². The number of ether oxygens (including phenoxy) is 1. The lowest BCUT2D eigenvalue weighted by atomic mass is 10.1. The van der Waals surface area contributed by atoms with Gasteiger partial charge in [0.05, 0.1) is 24.7 Å². The number of hydrogen-bond acceptors (Lipinski definition) is 4. The Morgan fingerprint density at radius 3 is 2.42 bits per heavy atom. The minimum Gasteiger partial charge on any atom is -0.493 e. The molecule has 24 heavy (non-hydrogen) atoms. The summed E-state index contributed by atoms with van der Waals surface area (Å²) in [5.74, 6) is 0.694. The molecule has 2 rings (SSSR count). The molecule has 0 unspecified atom stereocenters. The van der Waals surface area contributed by atoms with Gasteiger partial charge in [-0.1, -0.05) is 12.1 Å². The summed E-state index contributed by atoms with van der Waals surface area (Å²) in [6.07, 6.45) is 0.340. The number of anilines is 1. The average Bonchev–Trinajstić information content (AvgIpc) is 2.63. The van der Waals surface area contributed by atoms with Gasteiger partial charge < -0.3 is 15.4 Å². The summed E-state index contributed by atoms with van der Waals surface area (Å²) in [4.78, 5) is 11.1. The first kappa shape index (κ1) is 17.4. The highest BCUT2D eigenvalue weighted by Crippen LogP contribution is 2.22. The molecule has 1 amide bonds. The van der Waals surface area contributed by atoms with E-state index in [9.17, 15) is 4.79 Å². The van der Waals surface area contributed by atoms with Crippen LogP contribution in [0.15, 0.2) is 48.5 Å². The molecule has 0 radical (unpaired) electrons. The number of carbonyl (C=O) groups is 1. The van der Waals surface area contributed by atoms with E-state index in [0.29, 0.717) is 18.6 Å². The Morgan fingerprint density at radius 1 is 1.17 bits per heavy atom. The average molecular weight is 323 g/mol. The molecule has 2 aromatic rings. The van der Waals surface area contributed by atoms with Gasteiger partial charge in [0.15, 0.2) is 0 Å². The third kappa shape index (κ3) is 5.03. The molecule has 124 valence electrons. The number of nitriles is 1. The van der Waals surface area contributed by atoms with Crippen LogP contribution in [0, 0.1) is 11.3 Å². The van der Waals surface area contributed by atoms with Crippen LogP contribution >= 0.6 is 0 Å². The second-order valence-corrected chi connectivity index (χ2v) is 5.40. The molecule has 0 aromatic heterocycles. The number of rotatable bonds is 7. The van der Waals surface area contributed by atoms with Gasteiger partial charge >= 0.3 is 0 Å². The number of nitrogens with one attached hydrogen (secondary N) is 2. The van der Waals surface area contributed by atoms with Gasteiger partial charge in [0.2, 0.25) is 5.91 Å². The summed E-state index contributed by atoms with van der Waals surface area (Å²) in [6, 6.07) is 17.4. The van der Waals surface area contributed by atoms with Crippen molar-refractivity contribution in [1.29, 1.82) is 5.26 Å². The van der Waals surface area contributed by atoms with E-state index < -0.39 is 0 Å². The van der Waals surface area contributed by atoms with E-state index >= 15 is 0 Å². The van der Waals surface area contributed by atoms with Crippen LogP contribution in [0.1, 0.15) is 30.5 Å². The number of nitrogens with zero attached hydrogens (tertiary/aromatic N) is 1. The lowest BCUT2D eigenvalue weighted by Crippen LogP contribution is -2.20. The van der Waals surface area contributed by atoms with Crippen molar-refractivity contribution < 1.29 is 9.53 Å². The maximum Gasteiger partial charge on any atom is 0.223 e. The Balaban J connectivity index is 1.88. The van der Waals surface area contributed by atoms with Gasteiger partial charge in [-0.25, -0.2) is 0 Å². The first-order valence-electron chi connectivity index (χ1n) is 7.82. The maximum atomic E-state index is 11.1. The number of amides is 1. The molecule has 5 nitrogen and oxygen atoms in total. The van der Waals surface area contributed by atoms with Crippen LogP contribution < -0.4 is 15.4 Å². The Hall–Kier alpha value is -3.00. The van der Waals surface area contributed by atoms with E-state index in [-0.39, 0.29) is 11.9 Å². The molecule has 0 aliphatic carbocycles. The van der Waals surface area contributed by atoms with Crippen LogP contribution in [-0.2, 0) is 4.79 Å². The summed E-state index contributed by atoms with van der Waals surface area (Å²) in [5.41, 5.74) is 2.75. The first-order valence-corrected chi connectivity index (χ1v) is 7.82. The van der Waals surface area contributed by atoms with Gasteiger partial charge in [0, 0.05) is 18.8 Å². The van der Waals surface area contributed by atoms with E-state index in [0.717, 1.165) is 17.0 Å². The highest BCUT2D eigenvalue weighted by molar-refractivity contribution is 5.75. The van der Waals surface area contributed by atoms with E-state index in [1.807, 2.05) is 48.5 Å². The van der Waals surface area contributed by atoms with Gasteiger partial charge in [0.1, 0.15) is 5.75 Å². The summed E-state index contributed by atoms with van der Waals surface area (Å²) in [7, 11) is 1.61. The summed E-state index contributed by atoms with van der Waals surface area (Å²) >= 11 is 0.